The number of hydrogen-bond donors (Lipinski definition) is 1. The molecule has 3 nitrogen and oxygen atoms in total. The first-order chi connectivity index (χ1) is 7.94. The SMILES string of the molecule is CC(C)(C)c1cc(C(=O)O)cc(C(C)(C)C)c1[O-].[Ni+2]. The van der Waals surface area contributed by atoms with E-state index in [9.17, 15) is 9.90 Å². The third-order valence-corrected chi connectivity index (χ3v) is 2.95. The number of carboxylic acid groups (broad SMARTS) is 1. The molecule has 0 spiro atoms. The minimum atomic E-state index is -0.994. The first kappa shape index (κ1) is 18.0. The van der Waals surface area contributed by atoms with Crippen LogP contribution >= 0.6 is 0 Å². The fourth-order valence-corrected chi connectivity index (χ4v) is 1.87. The van der Waals surface area contributed by atoms with Crippen molar-refractivity contribution in [3.63, 3.8) is 0 Å². The third-order valence-electron chi connectivity index (χ3n) is 2.95. The van der Waals surface area contributed by atoms with Crippen molar-refractivity contribution in [3.05, 3.63) is 28.8 Å². The summed E-state index contributed by atoms with van der Waals surface area (Å²) in [5, 5.41) is 21.6. The van der Waals surface area contributed by atoms with E-state index in [1.165, 1.54) is 12.1 Å². The maximum Gasteiger partial charge on any atom is 2.00 e. The molecule has 0 bridgehead atoms. The van der Waals surface area contributed by atoms with E-state index < -0.39 is 5.97 Å². The smallest absolute Gasteiger partial charge is 0.872 e. The zero-order chi connectivity index (χ0) is 14.3. The van der Waals surface area contributed by atoms with Gasteiger partial charge in [-0.15, -0.1) is 5.75 Å². The van der Waals surface area contributed by atoms with Crippen molar-refractivity contribution < 1.29 is 31.5 Å². The van der Waals surface area contributed by atoms with E-state index in [0.29, 0.717) is 11.1 Å². The molecule has 1 N–H and O–H groups in total. The largest absolute Gasteiger partial charge is 2.00 e. The first-order valence-electron chi connectivity index (χ1n) is 6.04. The van der Waals surface area contributed by atoms with Crippen LogP contribution in [0.3, 0.4) is 0 Å². The van der Waals surface area contributed by atoms with Crippen molar-refractivity contribution in [1.29, 1.82) is 0 Å². The monoisotopic (exact) mass is 307 g/mol. The van der Waals surface area contributed by atoms with Crippen LogP contribution in [0, 0.1) is 0 Å². The molecule has 4 heteroatoms. The summed E-state index contributed by atoms with van der Waals surface area (Å²) in [6.07, 6.45) is 0. The summed E-state index contributed by atoms with van der Waals surface area (Å²) in [5.74, 6) is -1.04. The number of carboxylic acids is 1. The molecule has 1 aromatic rings. The van der Waals surface area contributed by atoms with E-state index >= 15 is 0 Å². The van der Waals surface area contributed by atoms with Crippen LogP contribution in [-0.4, -0.2) is 11.1 Å². The Morgan fingerprint density at radius 3 is 1.53 bits per heavy atom. The molecule has 0 aliphatic carbocycles. The second-order valence-electron chi connectivity index (χ2n) is 6.71. The standard InChI is InChI=1S/C15H22O3.Ni/c1-14(2,3)10-7-9(13(17)18)8-11(12(10)16)15(4,5)6;/h7-8,16H,1-6H3,(H,17,18);/q;+2/p-1. The molecule has 0 fully saturated rings. The van der Waals surface area contributed by atoms with Gasteiger partial charge in [0.1, 0.15) is 0 Å². The average molecular weight is 308 g/mol. The normalized spacial score (nSPS) is 11.9. The second kappa shape index (κ2) is 5.54. The predicted octanol–water partition coefficient (Wildman–Crippen LogP) is 3.05. The second-order valence-corrected chi connectivity index (χ2v) is 6.71. The quantitative estimate of drug-likeness (QED) is 0.811. The van der Waals surface area contributed by atoms with E-state index in [-0.39, 0.29) is 38.6 Å². The summed E-state index contributed by atoms with van der Waals surface area (Å²) >= 11 is 0. The molecule has 0 aliphatic heterocycles. The maximum absolute atomic E-state index is 12.4. The van der Waals surface area contributed by atoms with Gasteiger partial charge < -0.3 is 10.2 Å². The Labute approximate surface area is 125 Å². The van der Waals surface area contributed by atoms with Gasteiger partial charge in [0, 0.05) is 0 Å². The van der Waals surface area contributed by atoms with E-state index in [0.717, 1.165) is 0 Å². The Morgan fingerprint density at radius 2 is 1.32 bits per heavy atom. The fourth-order valence-electron chi connectivity index (χ4n) is 1.87. The van der Waals surface area contributed by atoms with Crippen LogP contribution in [0.5, 0.6) is 5.75 Å². The van der Waals surface area contributed by atoms with Gasteiger partial charge in [0.15, 0.2) is 0 Å². The molecule has 0 saturated heterocycles. The van der Waals surface area contributed by atoms with Crippen LogP contribution in [0.15, 0.2) is 12.1 Å². The minimum Gasteiger partial charge on any atom is -0.872 e. The summed E-state index contributed by atoms with van der Waals surface area (Å²) in [7, 11) is 0. The number of aromatic carboxylic acids is 1. The van der Waals surface area contributed by atoms with Gasteiger partial charge in [0.05, 0.1) is 5.56 Å². The average Bonchev–Trinajstić information content (AvgIpc) is 2.13. The Kier molecular flexibility index (Phi) is 5.24. The molecular formula is C15H21NiO3+. The molecule has 0 atom stereocenters. The van der Waals surface area contributed by atoms with Gasteiger partial charge >= 0.3 is 22.5 Å². The molecule has 19 heavy (non-hydrogen) atoms. The Morgan fingerprint density at radius 1 is 1.00 bits per heavy atom. The molecule has 0 unspecified atom stereocenters. The molecule has 1 aromatic carbocycles. The Balaban J connectivity index is 0.00000324. The van der Waals surface area contributed by atoms with Crippen LogP contribution in [0.4, 0.5) is 0 Å². The van der Waals surface area contributed by atoms with E-state index in [1.807, 2.05) is 41.5 Å². The van der Waals surface area contributed by atoms with Crippen molar-refractivity contribution in [1.82, 2.24) is 0 Å². The van der Waals surface area contributed by atoms with E-state index in [2.05, 4.69) is 0 Å². The van der Waals surface area contributed by atoms with Gasteiger partial charge in [-0.1, -0.05) is 41.5 Å². The minimum absolute atomic E-state index is 0. The van der Waals surface area contributed by atoms with Crippen LogP contribution < -0.4 is 5.11 Å². The van der Waals surface area contributed by atoms with Gasteiger partial charge in [-0.2, -0.15) is 0 Å². The summed E-state index contributed by atoms with van der Waals surface area (Å²) in [6, 6.07) is 3.00. The van der Waals surface area contributed by atoms with Gasteiger partial charge in [0.2, 0.25) is 0 Å². The molecule has 0 radical (unpaired) electrons. The van der Waals surface area contributed by atoms with E-state index in [4.69, 9.17) is 5.11 Å². The summed E-state index contributed by atoms with van der Waals surface area (Å²) < 4.78 is 0. The number of carbonyl (C=O) groups is 1. The molecule has 0 aromatic heterocycles. The maximum atomic E-state index is 12.4. The van der Waals surface area contributed by atoms with Gasteiger partial charge in [-0.25, -0.2) is 4.79 Å². The molecule has 1 rings (SSSR count). The molecule has 0 amide bonds. The van der Waals surface area contributed by atoms with Gasteiger partial charge in [-0.3, -0.25) is 0 Å². The first-order valence-corrected chi connectivity index (χ1v) is 6.04. The zero-order valence-corrected chi connectivity index (χ0v) is 13.2. The predicted molar refractivity (Wildman–Crippen MR) is 70.2 cm³/mol. The van der Waals surface area contributed by atoms with Gasteiger partial charge in [-0.05, 0) is 34.1 Å². The van der Waals surface area contributed by atoms with E-state index in [1.54, 1.807) is 0 Å². The van der Waals surface area contributed by atoms with Crippen LogP contribution in [0.2, 0.25) is 0 Å². The van der Waals surface area contributed by atoms with Gasteiger partial charge in [0.25, 0.3) is 0 Å². The summed E-state index contributed by atoms with van der Waals surface area (Å²) in [6.45, 7) is 11.5. The third kappa shape index (κ3) is 3.97. The van der Waals surface area contributed by atoms with Crippen LogP contribution in [0.25, 0.3) is 0 Å². The van der Waals surface area contributed by atoms with Crippen LogP contribution in [0.1, 0.15) is 63.0 Å². The molecular weight excluding hydrogens is 287 g/mol. The molecule has 0 aliphatic rings. The van der Waals surface area contributed by atoms with Crippen molar-refractivity contribution in [2.24, 2.45) is 0 Å². The fraction of sp³-hybridized carbons (Fsp3) is 0.533. The Bertz CT molecular complexity index is 444. The molecule has 0 saturated carbocycles. The summed E-state index contributed by atoms with van der Waals surface area (Å²) in [5.41, 5.74) is 0.592. The Hall–Kier alpha value is -1.02. The van der Waals surface area contributed by atoms with Crippen molar-refractivity contribution in [3.8, 4) is 5.75 Å². The van der Waals surface area contributed by atoms with Crippen molar-refractivity contribution in [2.75, 3.05) is 0 Å². The number of benzene rings is 1. The number of rotatable bonds is 1. The summed E-state index contributed by atoms with van der Waals surface area (Å²) in [4.78, 5) is 11.2. The topological polar surface area (TPSA) is 60.4 Å². The molecule has 0 heterocycles. The van der Waals surface area contributed by atoms with Crippen molar-refractivity contribution in [2.45, 2.75) is 52.4 Å². The van der Waals surface area contributed by atoms with Crippen LogP contribution in [-0.2, 0) is 27.3 Å². The number of hydrogen-bond acceptors (Lipinski definition) is 2. The van der Waals surface area contributed by atoms with Crippen molar-refractivity contribution >= 4 is 5.97 Å². The molecule has 108 valence electrons. The zero-order valence-electron chi connectivity index (χ0n) is 12.2.